The smallest absolute Gasteiger partial charge is 0.220 e. The van der Waals surface area contributed by atoms with Crippen LogP contribution in [0.1, 0.15) is 37.3 Å². The molecule has 0 fully saturated rings. The molecule has 1 amide bonds. The normalized spacial score (nSPS) is 17.0. The Bertz CT molecular complexity index is 660. The van der Waals surface area contributed by atoms with Crippen LogP contribution in [0.15, 0.2) is 30.9 Å². The van der Waals surface area contributed by atoms with Gasteiger partial charge in [0.1, 0.15) is 24.2 Å². The quantitative estimate of drug-likeness (QED) is 0.918. The van der Waals surface area contributed by atoms with Crippen molar-refractivity contribution in [1.29, 1.82) is 0 Å². The molecule has 2 heterocycles. The van der Waals surface area contributed by atoms with Gasteiger partial charge in [0.15, 0.2) is 0 Å². The SMILES string of the molecule is O=C(CCCn1cncn1)N[C@H]1CCCOc2ccc(F)cc21. The predicted octanol–water partition coefficient (Wildman–Crippen LogP) is 2.23. The fourth-order valence-electron chi connectivity index (χ4n) is 2.71. The van der Waals surface area contributed by atoms with Gasteiger partial charge in [0, 0.05) is 18.5 Å². The summed E-state index contributed by atoms with van der Waals surface area (Å²) < 4.78 is 20.8. The average Bonchev–Trinajstić information content (AvgIpc) is 2.97. The highest BCUT2D eigenvalue weighted by molar-refractivity contribution is 5.76. The summed E-state index contributed by atoms with van der Waals surface area (Å²) in [6, 6.07) is 4.24. The summed E-state index contributed by atoms with van der Waals surface area (Å²) >= 11 is 0. The van der Waals surface area contributed by atoms with Crippen LogP contribution in [0.5, 0.6) is 5.75 Å². The minimum atomic E-state index is -0.320. The van der Waals surface area contributed by atoms with Crippen LogP contribution in [-0.2, 0) is 11.3 Å². The third-order valence-electron chi connectivity index (χ3n) is 3.83. The summed E-state index contributed by atoms with van der Waals surface area (Å²) in [7, 11) is 0. The van der Waals surface area contributed by atoms with Crippen LogP contribution < -0.4 is 10.1 Å². The Morgan fingerprint density at radius 2 is 2.39 bits per heavy atom. The van der Waals surface area contributed by atoms with Gasteiger partial charge in [-0.2, -0.15) is 5.10 Å². The maximum Gasteiger partial charge on any atom is 0.220 e. The third kappa shape index (κ3) is 4.06. The number of fused-ring (bicyclic) bond motifs is 1. The summed E-state index contributed by atoms with van der Waals surface area (Å²) in [5.74, 6) is 0.281. The number of carbonyl (C=O) groups is 1. The Morgan fingerprint density at radius 1 is 1.48 bits per heavy atom. The van der Waals surface area contributed by atoms with E-state index in [9.17, 15) is 9.18 Å². The average molecular weight is 318 g/mol. The number of nitrogens with one attached hydrogen (secondary N) is 1. The second kappa shape index (κ2) is 7.21. The first-order valence-corrected chi connectivity index (χ1v) is 7.76. The van der Waals surface area contributed by atoms with Crippen molar-refractivity contribution in [2.75, 3.05) is 6.61 Å². The molecule has 0 radical (unpaired) electrons. The lowest BCUT2D eigenvalue weighted by Crippen LogP contribution is -2.28. The van der Waals surface area contributed by atoms with Crippen molar-refractivity contribution in [2.24, 2.45) is 0 Å². The van der Waals surface area contributed by atoms with E-state index in [1.807, 2.05) is 0 Å². The number of hydrogen-bond donors (Lipinski definition) is 1. The molecule has 3 rings (SSSR count). The number of aryl methyl sites for hydroxylation is 1. The maximum atomic E-state index is 13.5. The molecule has 122 valence electrons. The van der Waals surface area contributed by atoms with Gasteiger partial charge in [0.25, 0.3) is 0 Å². The number of nitrogens with zero attached hydrogens (tertiary/aromatic N) is 3. The van der Waals surface area contributed by atoms with E-state index < -0.39 is 0 Å². The second-order valence-corrected chi connectivity index (χ2v) is 5.56. The zero-order chi connectivity index (χ0) is 16.1. The Kier molecular flexibility index (Phi) is 4.85. The van der Waals surface area contributed by atoms with Crippen molar-refractivity contribution in [2.45, 2.75) is 38.3 Å². The van der Waals surface area contributed by atoms with Crippen molar-refractivity contribution < 1.29 is 13.9 Å². The Hall–Kier alpha value is -2.44. The van der Waals surface area contributed by atoms with E-state index in [2.05, 4.69) is 15.4 Å². The van der Waals surface area contributed by atoms with Gasteiger partial charge in [-0.1, -0.05) is 0 Å². The Balaban J connectivity index is 1.58. The van der Waals surface area contributed by atoms with Gasteiger partial charge in [-0.3, -0.25) is 9.48 Å². The van der Waals surface area contributed by atoms with Gasteiger partial charge in [-0.25, -0.2) is 9.37 Å². The van der Waals surface area contributed by atoms with Crippen LogP contribution in [0, 0.1) is 5.82 Å². The fraction of sp³-hybridized carbons (Fsp3) is 0.438. The van der Waals surface area contributed by atoms with Crippen molar-refractivity contribution in [3.05, 3.63) is 42.2 Å². The molecule has 2 aromatic rings. The van der Waals surface area contributed by atoms with Crippen LogP contribution in [-0.4, -0.2) is 27.3 Å². The van der Waals surface area contributed by atoms with Crippen molar-refractivity contribution in [1.82, 2.24) is 20.1 Å². The molecule has 1 aromatic heterocycles. The van der Waals surface area contributed by atoms with Crippen molar-refractivity contribution >= 4 is 5.91 Å². The topological polar surface area (TPSA) is 69.0 Å². The van der Waals surface area contributed by atoms with E-state index in [1.54, 1.807) is 17.1 Å². The highest BCUT2D eigenvalue weighted by Gasteiger charge is 2.22. The molecule has 1 aliphatic rings. The molecule has 0 spiro atoms. The first-order valence-electron chi connectivity index (χ1n) is 7.76. The molecule has 0 saturated carbocycles. The monoisotopic (exact) mass is 318 g/mol. The number of carbonyl (C=O) groups excluding carboxylic acids is 1. The highest BCUT2D eigenvalue weighted by atomic mass is 19.1. The lowest BCUT2D eigenvalue weighted by atomic mass is 10.0. The molecule has 0 aliphatic carbocycles. The molecule has 6 nitrogen and oxygen atoms in total. The van der Waals surface area contributed by atoms with Crippen LogP contribution in [0.3, 0.4) is 0 Å². The van der Waals surface area contributed by atoms with Gasteiger partial charge in [-0.15, -0.1) is 0 Å². The number of amides is 1. The fourth-order valence-corrected chi connectivity index (χ4v) is 2.71. The lowest BCUT2D eigenvalue weighted by Gasteiger charge is -2.18. The van der Waals surface area contributed by atoms with Crippen LogP contribution >= 0.6 is 0 Å². The molecule has 0 saturated heterocycles. The van der Waals surface area contributed by atoms with Gasteiger partial charge in [-0.05, 0) is 37.5 Å². The number of benzene rings is 1. The van der Waals surface area contributed by atoms with Crippen molar-refractivity contribution in [3.63, 3.8) is 0 Å². The molecule has 1 aliphatic heterocycles. The van der Waals surface area contributed by atoms with Gasteiger partial charge >= 0.3 is 0 Å². The number of halogens is 1. The molecule has 1 aromatic carbocycles. The van der Waals surface area contributed by atoms with Gasteiger partial charge in [0.05, 0.1) is 12.6 Å². The Morgan fingerprint density at radius 3 is 3.22 bits per heavy atom. The summed E-state index contributed by atoms with van der Waals surface area (Å²) in [6.45, 7) is 1.23. The number of hydrogen-bond acceptors (Lipinski definition) is 4. The van der Waals surface area contributed by atoms with Crippen LogP contribution in [0.4, 0.5) is 4.39 Å². The lowest BCUT2D eigenvalue weighted by molar-refractivity contribution is -0.122. The molecule has 1 N–H and O–H groups in total. The first-order chi connectivity index (χ1) is 11.2. The maximum absolute atomic E-state index is 13.5. The number of ether oxygens (including phenoxy) is 1. The van der Waals surface area contributed by atoms with Crippen molar-refractivity contribution in [3.8, 4) is 5.75 Å². The predicted molar refractivity (Wildman–Crippen MR) is 81.3 cm³/mol. The van der Waals surface area contributed by atoms with Gasteiger partial charge in [0.2, 0.25) is 5.91 Å². The van der Waals surface area contributed by atoms with E-state index in [-0.39, 0.29) is 17.8 Å². The first kappa shape index (κ1) is 15.5. The molecular formula is C16H19FN4O2. The molecule has 0 bridgehead atoms. The minimum Gasteiger partial charge on any atom is -0.493 e. The standard InChI is InChI=1S/C16H19FN4O2/c17-12-5-6-15-13(9-12)14(3-2-8-23-15)20-16(22)4-1-7-21-11-18-10-19-21/h5-6,9-11,14H,1-4,7-8H2,(H,20,22)/t14-/m0/s1. The minimum absolute atomic E-state index is 0.0489. The summed E-state index contributed by atoms with van der Waals surface area (Å²) in [6.07, 6.45) is 5.72. The highest BCUT2D eigenvalue weighted by Crippen LogP contribution is 2.32. The Labute approximate surface area is 133 Å². The summed E-state index contributed by atoms with van der Waals surface area (Å²) in [5.41, 5.74) is 0.715. The van der Waals surface area contributed by atoms with Crippen LogP contribution in [0.25, 0.3) is 0 Å². The second-order valence-electron chi connectivity index (χ2n) is 5.56. The van der Waals surface area contributed by atoms with Gasteiger partial charge < -0.3 is 10.1 Å². The van der Waals surface area contributed by atoms with Crippen LogP contribution in [0.2, 0.25) is 0 Å². The molecule has 1 atom stereocenters. The van der Waals surface area contributed by atoms with E-state index in [4.69, 9.17) is 4.74 Å². The summed E-state index contributed by atoms with van der Waals surface area (Å²) in [4.78, 5) is 16.0. The zero-order valence-corrected chi connectivity index (χ0v) is 12.7. The summed E-state index contributed by atoms with van der Waals surface area (Å²) in [5, 5.41) is 6.99. The van der Waals surface area contributed by atoms with E-state index in [1.165, 1.54) is 18.5 Å². The van der Waals surface area contributed by atoms with E-state index in [0.29, 0.717) is 37.3 Å². The molecule has 23 heavy (non-hydrogen) atoms. The molecule has 0 unspecified atom stereocenters. The van der Waals surface area contributed by atoms with E-state index in [0.717, 1.165) is 12.8 Å². The number of aromatic nitrogens is 3. The third-order valence-corrected chi connectivity index (χ3v) is 3.83. The number of rotatable bonds is 5. The van der Waals surface area contributed by atoms with E-state index >= 15 is 0 Å². The molecule has 7 heteroatoms. The zero-order valence-electron chi connectivity index (χ0n) is 12.7. The molecular weight excluding hydrogens is 299 g/mol. The largest absolute Gasteiger partial charge is 0.493 e.